The molecule has 0 spiro atoms. The van der Waals surface area contributed by atoms with Crippen LogP contribution < -0.4 is 0 Å². The van der Waals surface area contributed by atoms with Gasteiger partial charge >= 0.3 is 5.97 Å². The Hall–Kier alpha value is -1.39. The van der Waals surface area contributed by atoms with Crippen LogP contribution in [0.2, 0.25) is 0 Å². The van der Waals surface area contributed by atoms with E-state index in [0.29, 0.717) is 5.92 Å². The predicted molar refractivity (Wildman–Crippen MR) is 39.9 cm³/mol. The van der Waals surface area contributed by atoms with Gasteiger partial charge in [-0.3, -0.25) is 4.68 Å². The topological polar surface area (TPSA) is 68.0 Å². The Morgan fingerprint density at radius 3 is 2.75 bits per heavy atom. The zero-order valence-corrected chi connectivity index (χ0v) is 6.69. The van der Waals surface area contributed by atoms with Gasteiger partial charge in [-0.15, -0.1) is 5.10 Å². The van der Waals surface area contributed by atoms with Crippen molar-refractivity contribution in [1.82, 2.24) is 14.8 Å². The van der Waals surface area contributed by atoms with Crippen LogP contribution in [0.5, 0.6) is 0 Å². The van der Waals surface area contributed by atoms with Crippen molar-refractivity contribution in [1.29, 1.82) is 0 Å². The van der Waals surface area contributed by atoms with Gasteiger partial charge in [-0.1, -0.05) is 0 Å². The molecule has 2 rings (SSSR count). The Balaban J connectivity index is 2.36. The van der Waals surface area contributed by atoms with Gasteiger partial charge in [0, 0.05) is 13.0 Å². The lowest BCUT2D eigenvalue weighted by Crippen LogP contribution is -2.00. The molecule has 1 fully saturated rings. The SMILES string of the molecule is Cn1nc(C(=O)O)nc1C1CC1. The van der Waals surface area contributed by atoms with Crippen molar-refractivity contribution in [2.75, 3.05) is 0 Å². The van der Waals surface area contributed by atoms with Gasteiger partial charge < -0.3 is 5.11 Å². The Kier molecular flexibility index (Phi) is 1.39. The first-order chi connectivity index (χ1) is 5.68. The van der Waals surface area contributed by atoms with Crippen molar-refractivity contribution in [2.24, 2.45) is 7.05 Å². The van der Waals surface area contributed by atoms with Gasteiger partial charge in [-0.25, -0.2) is 9.78 Å². The first kappa shape index (κ1) is 7.27. The summed E-state index contributed by atoms with van der Waals surface area (Å²) in [4.78, 5) is 14.4. The standard InChI is InChI=1S/C7H9N3O2/c1-10-6(4-2-3-4)8-5(9-10)7(11)12/h4H,2-3H2,1H3,(H,11,12). The largest absolute Gasteiger partial charge is 0.475 e. The van der Waals surface area contributed by atoms with Crippen LogP contribution in [0.15, 0.2) is 0 Å². The van der Waals surface area contributed by atoms with Gasteiger partial charge in [0.15, 0.2) is 0 Å². The molecule has 5 heteroatoms. The number of aryl methyl sites for hydroxylation is 1. The van der Waals surface area contributed by atoms with Gasteiger partial charge in [0.1, 0.15) is 5.82 Å². The van der Waals surface area contributed by atoms with Gasteiger partial charge in [0.25, 0.3) is 5.82 Å². The fourth-order valence-corrected chi connectivity index (χ4v) is 1.18. The molecule has 1 aromatic heterocycles. The van der Waals surface area contributed by atoms with Crippen LogP contribution >= 0.6 is 0 Å². The number of carboxylic acids is 1. The number of carbonyl (C=O) groups is 1. The number of nitrogens with zero attached hydrogens (tertiary/aromatic N) is 3. The summed E-state index contributed by atoms with van der Waals surface area (Å²) in [5.74, 6) is 0.0832. The molecule has 1 heterocycles. The maximum absolute atomic E-state index is 10.5. The molecule has 5 nitrogen and oxygen atoms in total. The van der Waals surface area contributed by atoms with Crippen molar-refractivity contribution in [2.45, 2.75) is 18.8 Å². The summed E-state index contributed by atoms with van der Waals surface area (Å²) in [6.07, 6.45) is 2.21. The second-order valence-electron chi connectivity index (χ2n) is 3.00. The molecule has 0 aromatic carbocycles. The average Bonchev–Trinajstić information content (AvgIpc) is 2.75. The van der Waals surface area contributed by atoms with Gasteiger partial charge in [0.2, 0.25) is 0 Å². The smallest absolute Gasteiger partial charge is 0.375 e. The number of hydrogen-bond donors (Lipinski definition) is 1. The van der Waals surface area contributed by atoms with Crippen LogP contribution in [0.3, 0.4) is 0 Å². The summed E-state index contributed by atoms with van der Waals surface area (Å²) in [5.41, 5.74) is 0. The summed E-state index contributed by atoms with van der Waals surface area (Å²) in [5, 5.41) is 12.4. The van der Waals surface area contributed by atoms with Crippen LogP contribution in [-0.2, 0) is 7.05 Å². The molecule has 64 valence electrons. The maximum atomic E-state index is 10.5. The quantitative estimate of drug-likeness (QED) is 0.691. The summed E-state index contributed by atoms with van der Waals surface area (Å²) >= 11 is 0. The van der Waals surface area contributed by atoms with Crippen LogP contribution in [0, 0.1) is 0 Å². The zero-order valence-electron chi connectivity index (χ0n) is 6.69. The highest BCUT2D eigenvalue weighted by molar-refractivity contribution is 5.82. The van der Waals surface area contributed by atoms with E-state index in [1.165, 1.54) is 0 Å². The average molecular weight is 167 g/mol. The lowest BCUT2D eigenvalue weighted by molar-refractivity contribution is 0.0683. The molecule has 0 saturated heterocycles. The van der Waals surface area contributed by atoms with E-state index in [4.69, 9.17) is 5.11 Å². The highest BCUT2D eigenvalue weighted by atomic mass is 16.4. The highest BCUT2D eigenvalue weighted by Gasteiger charge is 2.29. The fraction of sp³-hybridized carbons (Fsp3) is 0.571. The van der Waals surface area contributed by atoms with Crippen molar-refractivity contribution >= 4 is 5.97 Å². The van der Waals surface area contributed by atoms with Crippen LogP contribution in [0.4, 0.5) is 0 Å². The number of aromatic carboxylic acids is 1. The van der Waals surface area contributed by atoms with E-state index in [2.05, 4.69) is 10.1 Å². The molecule has 1 N–H and O–H groups in total. The number of hydrogen-bond acceptors (Lipinski definition) is 3. The molecule has 0 radical (unpaired) electrons. The van der Waals surface area contributed by atoms with Crippen molar-refractivity contribution in [3.8, 4) is 0 Å². The van der Waals surface area contributed by atoms with E-state index < -0.39 is 5.97 Å². The first-order valence-corrected chi connectivity index (χ1v) is 3.82. The molecule has 1 aliphatic rings. The maximum Gasteiger partial charge on any atom is 0.375 e. The predicted octanol–water partition coefficient (Wildman–Crippen LogP) is 0.391. The molecular weight excluding hydrogens is 158 g/mol. The molecular formula is C7H9N3O2. The van der Waals surface area contributed by atoms with E-state index in [0.717, 1.165) is 18.7 Å². The second-order valence-corrected chi connectivity index (χ2v) is 3.00. The Labute approximate surface area is 69.0 Å². The third-order valence-electron chi connectivity index (χ3n) is 1.93. The number of rotatable bonds is 2. The minimum absolute atomic E-state index is 0.0978. The third-order valence-corrected chi connectivity index (χ3v) is 1.93. The van der Waals surface area contributed by atoms with Crippen molar-refractivity contribution < 1.29 is 9.90 Å². The van der Waals surface area contributed by atoms with E-state index in [9.17, 15) is 4.79 Å². The molecule has 0 aliphatic heterocycles. The second kappa shape index (κ2) is 2.30. The summed E-state index contributed by atoms with van der Waals surface area (Å²) in [7, 11) is 1.73. The lowest BCUT2D eigenvalue weighted by atomic mass is 10.4. The Morgan fingerprint density at radius 1 is 1.67 bits per heavy atom. The fourth-order valence-electron chi connectivity index (χ4n) is 1.18. The summed E-state index contributed by atoms with van der Waals surface area (Å²) < 4.78 is 1.56. The van der Waals surface area contributed by atoms with Gasteiger partial charge in [-0.05, 0) is 12.8 Å². The third kappa shape index (κ3) is 1.07. The summed E-state index contributed by atoms with van der Waals surface area (Å²) in [6, 6.07) is 0. The van der Waals surface area contributed by atoms with Crippen molar-refractivity contribution in [3.63, 3.8) is 0 Å². The van der Waals surface area contributed by atoms with Crippen LogP contribution in [-0.4, -0.2) is 25.8 Å². The molecule has 1 aliphatic carbocycles. The molecule has 0 amide bonds. The normalized spacial score (nSPS) is 16.4. The molecule has 12 heavy (non-hydrogen) atoms. The van der Waals surface area contributed by atoms with E-state index >= 15 is 0 Å². The van der Waals surface area contributed by atoms with E-state index in [-0.39, 0.29) is 5.82 Å². The highest BCUT2D eigenvalue weighted by Crippen LogP contribution is 2.38. The van der Waals surface area contributed by atoms with E-state index in [1.54, 1.807) is 11.7 Å². The minimum atomic E-state index is -1.06. The molecule has 0 atom stereocenters. The monoisotopic (exact) mass is 167 g/mol. The molecule has 0 unspecified atom stereocenters. The van der Waals surface area contributed by atoms with Crippen LogP contribution in [0.25, 0.3) is 0 Å². The van der Waals surface area contributed by atoms with Crippen LogP contribution in [0.1, 0.15) is 35.2 Å². The molecule has 0 bridgehead atoms. The Morgan fingerprint density at radius 2 is 2.33 bits per heavy atom. The molecule has 1 saturated carbocycles. The van der Waals surface area contributed by atoms with Crippen molar-refractivity contribution in [3.05, 3.63) is 11.6 Å². The summed E-state index contributed by atoms with van der Waals surface area (Å²) in [6.45, 7) is 0. The zero-order chi connectivity index (χ0) is 8.72. The molecule has 1 aromatic rings. The number of aromatic nitrogens is 3. The minimum Gasteiger partial charge on any atom is -0.475 e. The van der Waals surface area contributed by atoms with E-state index in [1.807, 2.05) is 0 Å². The Bertz CT molecular complexity index is 327. The van der Waals surface area contributed by atoms with Gasteiger partial charge in [0.05, 0.1) is 0 Å². The first-order valence-electron chi connectivity index (χ1n) is 3.82. The number of carboxylic acid groups (broad SMARTS) is 1. The van der Waals surface area contributed by atoms with Gasteiger partial charge in [-0.2, -0.15) is 0 Å². The lowest BCUT2D eigenvalue weighted by Gasteiger charge is -1.92.